The minimum absolute atomic E-state index is 0.229. The number of methoxy groups -OCH3 is 1. The van der Waals surface area contributed by atoms with Crippen LogP contribution in [0, 0.1) is 0 Å². The molecule has 1 heterocycles. The second-order valence-electron chi connectivity index (χ2n) is 3.04. The Bertz CT molecular complexity index is 309. The summed E-state index contributed by atoms with van der Waals surface area (Å²) in [7, 11) is 1.38. The average molecular weight is 213 g/mol. The van der Waals surface area contributed by atoms with Gasteiger partial charge in [0.15, 0.2) is 0 Å². The van der Waals surface area contributed by atoms with Gasteiger partial charge in [-0.3, -0.25) is 4.79 Å². The van der Waals surface area contributed by atoms with Crippen LogP contribution in [-0.4, -0.2) is 13.1 Å². The molecule has 0 unspecified atom stereocenters. The lowest BCUT2D eigenvalue weighted by atomic mass is 10.2. The van der Waals surface area contributed by atoms with Crippen LogP contribution in [0.25, 0.3) is 0 Å². The molecular weight excluding hydrogens is 198 g/mol. The van der Waals surface area contributed by atoms with Gasteiger partial charge in [-0.1, -0.05) is 6.92 Å². The maximum Gasteiger partial charge on any atom is 0.307 e. The Morgan fingerprint density at radius 1 is 1.64 bits per heavy atom. The van der Waals surface area contributed by atoms with Gasteiger partial charge in [-0.05, 0) is 18.6 Å². The fourth-order valence-corrected chi connectivity index (χ4v) is 2.10. The Balaban J connectivity index is 2.60. The molecule has 0 aliphatic rings. The monoisotopic (exact) mass is 213 g/mol. The van der Waals surface area contributed by atoms with Gasteiger partial charge in [0.25, 0.3) is 0 Å². The largest absolute Gasteiger partial charge is 0.469 e. The number of ether oxygens (including phenoxy) is 1. The van der Waals surface area contributed by atoms with Gasteiger partial charge in [-0.25, -0.2) is 0 Å². The lowest BCUT2D eigenvalue weighted by Crippen LogP contribution is -2.15. The van der Waals surface area contributed by atoms with Crippen molar-refractivity contribution in [2.45, 2.75) is 25.8 Å². The highest BCUT2D eigenvalue weighted by Crippen LogP contribution is 2.24. The summed E-state index contributed by atoms with van der Waals surface area (Å²) in [6.07, 6.45) is 1.26. The van der Waals surface area contributed by atoms with Crippen molar-refractivity contribution >= 4 is 17.3 Å². The summed E-state index contributed by atoms with van der Waals surface area (Å²) in [5.41, 5.74) is 5.85. The first-order chi connectivity index (χ1) is 6.67. The van der Waals surface area contributed by atoms with Gasteiger partial charge in [0.1, 0.15) is 0 Å². The Kier molecular flexibility index (Phi) is 4.10. The smallest absolute Gasteiger partial charge is 0.307 e. The second-order valence-corrected chi connectivity index (χ2v) is 4.24. The fraction of sp³-hybridized carbons (Fsp3) is 0.500. The van der Waals surface area contributed by atoms with E-state index in [4.69, 9.17) is 5.73 Å². The van der Waals surface area contributed by atoms with E-state index in [2.05, 4.69) is 17.7 Å². The summed E-state index contributed by atoms with van der Waals surface area (Å²) < 4.78 is 4.56. The summed E-state index contributed by atoms with van der Waals surface area (Å²) in [4.78, 5) is 13.3. The highest BCUT2D eigenvalue weighted by atomic mass is 32.1. The van der Waals surface area contributed by atoms with E-state index in [1.807, 2.05) is 6.07 Å². The molecule has 0 aliphatic carbocycles. The molecule has 0 saturated heterocycles. The third kappa shape index (κ3) is 2.82. The number of esters is 1. The van der Waals surface area contributed by atoms with E-state index in [9.17, 15) is 4.79 Å². The molecule has 0 radical (unpaired) electrons. The average Bonchev–Trinajstić information content (AvgIpc) is 2.65. The Morgan fingerprint density at radius 3 is 2.86 bits per heavy atom. The summed E-state index contributed by atoms with van der Waals surface area (Å²) >= 11 is 1.66. The molecule has 78 valence electrons. The van der Waals surface area contributed by atoms with Crippen molar-refractivity contribution in [3.63, 3.8) is 0 Å². The van der Waals surface area contributed by atoms with Gasteiger partial charge in [-0.2, -0.15) is 0 Å². The van der Waals surface area contributed by atoms with Crippen LogP contribution in [-0.2, 0) is 16.0 Å². The SMILES string of the molecule is CCc1ccc([C@@H](N)CC(=O)OC)s1. The van der Waals surface area contributed by atoms with Crippen LogP contribution < -0.4 is 5.73 Å². The number of hydrogen-bond acceptors (Lipinski definition) is 4. The number of rotatable bonds is 4. The first-order valence-corrected chi connectivity index (χ1v) is 5.40. The van der Waals surface area contributed by atoms with Gasteiger partial charge in [0.2, 0.25) is 0 Å². The van der Waals surface area contributed by atoms with Gasteiger partial charge < -0.3 is 10.5 Å². The molecule has 0 aromatic carbocycles. The maximum absolute atomic E-state index is 11.0. The third-order valence-corrected chi connectivity index (χ3v) is 3.37. The Morgan fingerprint density at radius 2 is 2.36 bits per heavy atom. The molecule has 0 amide bonds. The lowest BCUT2D eigenvalue weighted by Gasteiger charge is -2.06. The predicted molar refractivity (Wildman–Crippen MR) is 57.3 cm³/mol. The molecule has 1 atom stereocenters. The van der Waals surface area contributed by atoms with E-state index >= 15 is 0 Å². The van der Waals surface area contributed by atoms with Gasteiger partial charge in [0.05, 0.1) is 13.5 Å². The van der Waals surface area contributed by atoms with E-state index in [0.717, 1.165) is 11.3 Å². The zero-order chi connectivity index (χ0) is 10.6. The number of carbonyl (C=O) groups is 1. The highest BCUT2D eigenvalue weighted by molar-refractivity contribution is 7.12. The zero-order valence-corrected chi connectivity index (χ0v) is 9.26. The molecule has 0 aliphatic heterocycles. The van der Waals surface area contributed by atoms with Crippen LogP contribution in [0.5, 0.6) is 0 Å². The molecule has 4 heteroatoms. The normalized spacial score (nSPS) is 12.5. The number of aryl methyl sites for hydroxylation is 1. The summed E-state index contributed by atoms with van der Waals surface area (Å²) in [5.74, 6) is -0.260. The minimum atomic E-state index is -0.260. The maximum atomic E-state index is 11.0. The number of thiophene rings is 1. The van der Waals surface area contributed by atoms with Crippen molar-refractivity contribution in [3.8, 4) is 0 Å². The molecular formula is C10H15NO2S. The molecule has 14 heavy (non-hydrogen) atoms. The van der Waals surface area contributed by atoms with E-state index in [0.29, 0.717) is 0 Å². The zero-order valence-electron chi connectivity index (χ0n) is 8.45. The molecule has 0 spiro atoms. The molecule has 0 fully saturated rings. The van der Waals surface area contributed by atoms with Crippen LogP contribution >= 0.6 is 11.3 Å². The van der Waals surface area contributed by atoms with Crippen LogP contribution in [0.1, 0.15) is 29.1 Å². The summed E-state index contributed by atoms with van der Waals surface area (Å²) in [6.45, 7) is 2.10. The summed E-state index contributed by atoms with van der Waals surface area (Å²) in [5, 5.41) is 0. The van der Waals surface area contributed by atoms with E-state index in [-0.39, 0.29) is 18.4 Å². The van der Waals surface area contributed by atoms with Gasteiger partial charge in [-0.15, -0.1) is 11.3 Å². The standard InChI is InChI=1S/C10H15NO2S/c1-3-7-4-5-9(14-7)8(11)6-10(12)13-2/h4-5,8H,3,6,11H2,1-2H3/t8-/m0/s1. The van der Waals surface area contributed by atoms with E-state index in [1.54, 1.807) is 11.3 Å². The van der Waals surface area contributed by atoms with E-state index in [1.165, 1.54) is 12.0 Å². The van der Waals surface area contributed by atoms with Crippen LogP contribution in [0.15, 0.2) is 12.1 Å². The highest BCUT2D eigenvalue weighted by Gasteiger charge is 2.13. The molecule has 3 nitrogen and oxygen atoms in total. The minimum Gasteiger partial charge on any atom is -0.469 e. The number of hydrogen-bond donors (Lipinski definition) is 1. The van der Waals surface area contributed by atoms with Crippen LogP contribution in [0.4, 0.5) is 0 Å². The van der Waals surface area contributed by atoms with Crippen molar-refractivity contribution in [1.82, 2.24) is 0 Å². The van der Waals surface area contributed by atoms with Gasteiger partial charge >= 0.3 is 5.97 Å². The molecule has 1 rings (SSSR count). The fourth-order valence-electron chi connectivity index (χ4n) is 1.15. The number of nitrogens with two attached hydrogens (primary N) is 1. The number of carbonyl (C=O) groups excluding carboxylic acids is 1. The van der Waals surface area contributed by atoms with Gasteiger partial charge in [0, 0.05) is 15.8 Å². The van der Waals surface area contributed by atoms with Crippen molar-refractivity contribution in [1.29, 1.82) is 0 Å². The van der Waals surface area contributed by atoms with E-state index < -0.39 is 0 Å². The molecule has 1 aromatic heterocycles. The van der Waals surface area contributed by atoms with Crippen molar-refractivity contribution in [2.24, 2.45) is 5.73 Å². The Hall–Kier alpha value is -0.870. The Labute approximate surface area is 87.9 Å². The van der Waals surface area contributed by atoms with Crippen molar-refractivity contribution in [2.75, 3.05) is 7.11 Å². The van der Waals surface area contributed by atoms with Crippen molar-refractivity contribution < 1.29 is 9.53 Å². The third-order valence-electron chi connectivity index (χ3n) is 2.01. The molecule has 2 N–H and O–H groups in total. The quantitative estimate of drug-likeness (QED) is 0.777. The predicted octanol–water partition coefficient (Wildman–Crippen LogP) is 1.87. The van der Waals surface area contributed by atoms with Crippen molar-refractivity contribution in [3.05, 3.63) is 21.9 Å². The van der Waals surface area contributed by atoms with Crippen LogP contribution in [0.3, 0.4) is 0 Å². The van der Waals surface area contributed by atoms with Crippen LogP contribution in [0.2, 0.25) is 0 Å². The topological polar surface area (TPSA) is 52.3 Å². The first kappa shape index (κ1) is 11.2. The molecule has 1 aromatic rings. The first-order valence-electron chi connectivity index (χ1n) is 4.58. The second kappa shape index (κ2) is 5.12. The summed E-state index contributed by atoms with van der Waals surface area (Å²) in [6, 6.07) is 3.81. The molecule has 0 saturated carbocycles. The lowest BCUT2D eigenvalue weighted by molar-refractivity contribution is -0.141. The molecule has 0 bridgehead atoms.